The van der Waals surface area contributed by atoms with Gasteiger partial charge >= 0.3 is 0 Å². The Hall–Kier alpha value is -1.92. The molecule has 5 nitrogen and oxygen atoms in total. The molecule has 2 aromatic heterocycles. The largest absolute Gasteiger partial charge is 0.481 e. The fourth-order valence-corrected chi connectivity index (χ4v) is 2.04. The van der Waals surface area contributed by atoms with Gasteiger partial charge in [0.05, 0.1) is 7.11 Å². The molecule has 2 heterocycles. The molecule has 1 N–H and O–H groups in total. The van der Waals surface area contributed by atoms with Crippen LogP contribution in [0, 0.1) is 0 Å². The summed E-state index contributed by atoms with van der Waals surface area (Å²) in [6.45, 7) is 0. The molecule has 0 fully saturated rings. The molecule has 0 bridgehead atoms. The fourth-order valence-electron chi connectivity index (χ4n) is 1.25. The molecular weight excluding hydrogens is 286 g/mol. The van der Waals surface area contributed by atoms with E-state index in [0.717, 1.165) is 4.88 Å². The van der Waals surface area contributed by atoms with Crippen LogP contribution in [0.2, 0.25) is 5.15 Å². The first-order valence-electron chi connectivity index (χ1n) is 5.28. The topological polar surface area (TPSA) is 64.1 Å². The summed E-state index contributed by atoms with van der Waals surface area (Å²) >= 11 is 7.31. The molecule has 19 heavy (non-hydrogen) atoms. The van der Waals surface area contributed by atoms with Crippen molar-refractivity contribution < 1.29 is 9.53 Å². The molecule has 2 rings (SSSR count). The van der Waals surface area contributed by atoms with Gasteiger partial charge in [0.1, 0.15) is 5.15 Å². The van der Waals surface area contributed by atoms with E-state index in [4.69, 9.17) is 16.3 Å². The summed E-state index contributed by atoms with van der Waals surface area (Å²) in [6, 6.07) is 5.28. The zero-order valence-electron chi connectivity index (χ0n) is 9.96. The second-order valence-corrected chi connectivity index (χ2v) is 4.76. The number of rotatable bonds is 4. The molecule has 0 aliphatic rings. The Morgan fingerprint density at radius 2 is 2.37 bits per heavy atom. The van der Waals surface area contributed by atoms with Crippen molar-refractivity contribution in [3.63, 3.8) is 0 Å². The van der Waals surface area contributed by atoms with Crippen molar-refractivity contribution in [2.45, 2.75) is 0 Å². The van der Waals surface area contributed by atoms with Crippen LogP contribution in [0.25, 0.3) is 6.08 Å². The first kappa shape index (κ1) is 13.5. The van der Waals surface area contributed by atoms with Crippen molar-refractivity contribution in [3.05, 3.63) is 39.7 Å². The number of hydrogen-bond donors (Lipinski definition) is 1. The average Bonchev–Trinajstić information content (AvgIpc) is 2.88. The zero-order valence-corrected chi connectivity index (χ0v) is 11.5. The van der Waals surface area contributed by atoms with Crippen LogP contribution < -0.4 is 10.1 Å². The number of hydrogen-bond acceptors (Lipinski definition) is 5. The number of carbonyl (C=O) groups excluding carboxylic acids is 1. The Balaban J connectivity index is 2.04. The van der Waals surface area contributed by atoms with E-state index in [1.807, 2.05) is 17.5 Å². The lowest BCUT2D eigenvalue weighted by Gasteiger charge is -2.03. The van der Waals surface area contributed by atoms with Crippen molar-refractivity contribution in [1.82, 2.24) is 9.97 Å². The highest BCUT2D eigenvalue weighted by atomic mass is 35.5. The molecule has 0 radical (unpaired) electrons. The van der Waals surface area contributed by atoms with Crippen LogP contribution >= 0.6 is 22.9 Å². The van der Waals surface area contributed by atoms with Gasteiger partial charge in [-0.2, -0.15) is 4.98 Å². The lowest BCUT2D eigenvalue weighted by Crippen LogP contribution is -2.11. The van der Waals surface area contributed by atoms with Crippen molar-refractivity contribution in [2.24, 2.45) is 0 Å². The molecule has 0 aromatic carbocycles. The van der Waals surface area contributed by atoms with Gasteiger partial charge in [0, 0.05) is 17.0 Å². The molecule has 1 amide bonds. The summed E-state index contributed by atoms with van der Waals surface area (Å²) in [5.41, 5.74) is 0. The molecule has 7 heteroatoms. The van der Waals surface area contributed by atoms with Gasteiger partial charge in [0.15, 0.2) is 0 Å². The summed E-state index contributed by atoms with van der Waals surface area (Å²) in [6.07, 6.45) is 3.12. The van der Waals surface area contributed by atoms with E-state index in [0.29, 0.717) is 0 Å². The molecule has 0 aliphatic heterocycles. The van der Waals surface area contributed by atoms with Gasteiger partial charge in [0.2, 0.25) is 11.8 Å². The Kier molecular flexibility index (Phi) is 4.48. The number of methoxy groups -OCH3 is 1. The van der Waals surface area contributed by atoms with Crippen LogP contribution in [-0.2, 0) is 4.79 Å². The number of thiophene rings is 1. The van der Waals surface area contributed by atoms with Crippen molar-refractivity contribution in [1.29, 1.82) is 0 Å². The van der Waals surface area contributed by atoms with Gasteiger partial charge in [-0.1, -0.05) is 17.7 Å². The van der Waals surface area contributed by atoms with E-state index in [1.54, 1.807) is 17.4 Å². The first-order chi connectivity index (χ1) is 9.17. The zero-order chi connectivity index (χ0) is 13.7. The monoisotopic (exact) mass is 295 g/mol. The van der Waals surface area contributed by atoms with Crippen LogP contribution in [0.4, 0.5) is 5.95 Å². The van der Waals surface area contributed by atoms with Crippen LogP contribution in [0.5, 0.6) is 5.88 Å². The smallest absolute Gasteiger partial charge is 0.250 e. The minimum Gasteiger partial charge on any atom is -0.481 e. The summed E-state index contributed by atoms with van der Waals surface area (Å²) in [7, 11) is 1.46. The molecule has 0 atom stereocenters. The second kappa shape index (κ2) is 6.31. The Morgan fingerprint density at radius 1 is 1.53 bits per heavy atom. The maximum absolute atomic E-state index is 11.7. The Morgan fingerprint density at radius 3 is 3.05 bits per heavy atom. The molecule has 0 unspecified atom stereocenters. The number of halogens is 1. The first-order valence-corrected chi connectivity index (χ1v) is 6.54. The molecule has 0 spiro atoms. The summed E-state index contributed by atoms with van der Waals surface area (Å²) < 4.78 is 4.93. The van der Waals surface area contributed by atoms with Crippen LogP contribution in [-0.4, -0.2) is 23.0 Å². The number of aromatic nitrogens is 2. The third-order valence-corrected chi connectivity index (χ3v) is 3.09. The van der Waals surface area contributed by atoms with Crippen LogP contribution in [0.1, 0.15) is 4.88 Å². The third kappa shape index (κ3) is 4.04. The van der Waals surface area contributed by atoms with E-state index >= 15 is 0 Å². The van der Waals surface area contributed by atoms with Crippen LogP contribution in [0.3, 0.4) is 0 Å². The minimum absolute atomic E-state index is 0.102. The molecule has 0 saturated carbocycles. The van der Waals surface area contributed by atoms with E-state index in [9.17, 15) is 4.79 Å². The molecule has 98 valence electrons. The lowest BCUT2D eigenvalue weighted by atomic mass is 10.4. The molecule has 0 saturated heterocycles. The number of amides is 1. The highest BCUT2D eigenvalue weighted by Crippen LogP contribution is 2.16. The quantitative estimate of drug-likeness (QED) is 0.696. The van der Waals surface area contributed by atoms with Crippen molar-refractivity contribution in [2.75, 3.05) is 12.4 Å². The molecular formula is C12H10ClN3O2S. The van der Waals surface area contributed by atoms with Gasteiger partial charge in [0.25, 0.3) is 5.91 Å². The molecule has 2 aromatic rings. The molecule has 0 aliphatic carbocycles. The van der Waals surface area contributed by atoms with Crippen molar-refractivity contribution >= 4 is 40.9 Å². The van der Waals surface area contributed by atoms with E-state index in [-0.39, 0.29) is 22.9 Å². The minimum atomic E-state index is -0.335. The fraction of sp³-hybridized carbons (Fsp3) is 0.0833. The average molecular weight is 296 g/mol. The lowest BCUT2D eigenvalue weighted by molar-refractivity contribution is -0.111. The summed E-state index contributed by atoms with van der Waals surface area (Å²) in [5.74, 6) is 0.0560. The Labute approximate surface area is 118 Å². The highest BCUT2D eigenvalue weighted by Gasteiger charge is 2.05. The number of carbonyl (C=O) groups is 1. The second-order valence-electron chi connectivity index (χ2n) is 3.39. The predicted octanol–water partition coefficient (Wildman–Crippen LogP) is 2.85. The van der Waals surface area contributed by atoms with Crippen LogP contribution in [0.15, 0.2) is 29.7 Å². The number of nitrogens with zero attached hydrogens (tertiary/aromatic N) is 2. The number of nitrogens with one attached hydrogen (secondary N) is 1. The maximum Gasteiger partial charge on any atom is 0.250 e. The predicted molar refractivity (Wildman–Crippen MR) is 75.6 cm³/mol. The summed E-state index contributed by atoms with van der Waals surface area (Å²) in [4.78, 5) is 20.5. The number of anilines is 1. The third-order valence-electron chi connectivity index (χ3n) is 2.06. The van der Waals surface area contributed by atoms with Crippen molar-refractivity contribution in [3.8, 4) is 5.88 Å². The van der Waals surface area contributed by atoms with Gasteiger partial charge in [-0.25, -0.2) is 4.98 Å². The van der Waals surface area contributed by atoms with E-state index in [1.165, 1.54) is 19.3 Å². The highest BCUT2D eigenvalue weighted by molar-refractivity contribution is 7.10. The SMILES string of the molecule is COc1cc(Cl)nc(NC(=O)/C=C/c2cccs2)n1. The van der Waals surface area contributed by atoms with E-state index < -0.39 is 0 Å². The van der Waals surface area contributed by atoms with Gasteiger partial charge < -0.3 is 4.74 Å². The van der Waals surface area contributed by atoms with E-state index in [2.05, 4.69) is 15.3 Å². The van der Waals surface area contributed by atoms with Gasteiger partial charge in [-0.05, 0) is 17.5 Å². The normalized spacial score (nSPS) is 10.6. The summed E-state index contributed by atoms with van der Waals surface area (Å²) in [5, 5.41) is 4.64. The Bertz CT molecular complexity index is 599. The van der Waals surface area contributed by atoms with Gasteiger partial charge in [-0.15, -0.1) is 11.3 Å². The maximum atomic E-state index is 11.7. The number of ether oxygens (including phenoxy) is 1. The van der Waals surface area contributed by atoms with Gasteiger partial charge in [-0.3, -0.25) is 10.1 Å². The standard InChI is InChI=1S/C12H10ClN3O2S/c1-18-11-7-9(13)14-12(16-11)15-10(17)5-4-8-3-2-6-19-8/h2-7H,1H3,(H,14,15,16,17)/b5-4+.